The maximum atomic E-state index is 9.36. The summed E-state index contributed by atoms with van der Waals surface area (Å²) in [6, 6.07) is 58.2. The van der Waals surface area contributed by atoms with E-state index in [1.54, 1.807) is 0 Å². The largest absolute Gasteiger partial charge is 0.344 e. The molecule has 0 saturated heterocycles. The lowest BCUT2D eigenvalue weighted by atomic mass is 9.94. The van der Waals surface area contributed by atoms with Crippen LogP contribution in [0.25, 0.3) is 71.5 Å². The van der Waals surface area contributed by atoms with Crippen LogP contribution in [0.15, 0.2) is 182 Å². The van der Waals surface area contributed by atoms with Gasteiger partial charge in [-0.25, -0.2) is 0 Å². The van der Waals surface area contributed by atoms with E-state index in [-0.39, 0.29) is 0 Å². The molecule has 0 N–H and O–H groups in total. The lowest BCUT2D eigenvalue weighted by Crippen LogP contribution is -2.11. The van der Waals surface area contributed by atoms with E-state index in [1.165, 1.54) is 43.1 Å². The molecular weight excluding hydrogens is 655 g/mol. The summed E-state index contributed by atoms with van der Waals surface area (Å²) >= 11 is 0. The van der Waals surface area contributed by atoms with Gasteiger partial charge in [0.1, 0.15) is 0 Å². The third-order valence-corrected chi connectivity index (χ3v) is 10.6. The summed E-state index contributed by atoms with van der Waals surface area (Å²) in [4.78, 5) is 2.31. The summed E-state index contributed by atoms with van der Waals surface area (Å²) in [5.74, 6) is 0. The van der Waals surface area contributed by atoms with Gasteiger partial charge in [0, 0.05) is 40.4 Å². The zero-order valence-electron chi connectivity index (χ0n) is 30.2. The van der Waals surface area contributed by atoms with Crippen LogP contribution in [0.5, 0.6) is 0 Å². The molecule has 54 heavy (non-hydrogen) atoms. The predicted octanol–water partition coefficient (Wildman–Crippen LogP) is 13.6. The molecule has 8 aromatic carbocycles. The Hall–Kier alpha value is -7.15. The second-order valence-corrected chi connectivity index (χ2v) is 13.7. The van der Waals surface area contributed by atoms with Crippen molar-refractivity contribution in [2.75, 3.05) is 11.9 Å². The van der Waals surface area contributed by atoms with Gasteiger partial charge in [-0.2, -0.15) is 5.26 Å². The lowest BCUT2D eigenvalue weighted by molar-refractivity contribution is 1.18. The van der Waals surface area contributed by atoms with Crippen molar-refractivity contribution >= 4 is 77.1 Å². The number of fused-ring (bicyclic) bond motifs is 9. The van der Waals surface area contributed by atoms with E-state index in [9.17, 15) is 5.26 Å². The SMILES string of the molecule is C\C=C/C=C(\C=C\c1ccc2c(c1)c1ccccc1n2-c1ccc(C#N)cc1)c1ccccc1N(C)c1ccc2c3ccccc3c3ccccc3c2c1. The third kappa shape index (κ3) is 5.62. The molecule has 0 atom stereocenters. The topological polar surface area (TPSA) is 32.0 Å². The minimum atomic E-state index is 0.654. The first-order valence-electron chi connectivity index (χ1n) is 18.3. The molecule has 9 aromatic rings. The van der Waals surface area contributed by atoms with Crippen LogP contribution in [0.2, 0.25) is 0 Å². The van der Waals surface area contributed by atoms with Crippen molar-refractivity contribution in [2.24, 2.45) is 0 Å². The van der Waals surface area contributed by atoms with Gasteiger partial charge < -0.3 is 9.47 Å². The summed E-state index contributed by atoms with van der Waals surface area (Å²) < 4.78 is 2.28. The van der Waals surface area contributed by atoms with Crippen molar-refractivity contribution in [3.8, 4) is 11.8 Å². The fraction of sp³-hybridized carbons (Fsp3) is 0.0392. The van der Waals surface area contributed by atoms with Crippen molar-refractivity contribution in [3.63, 3.8) is 0 Å². The number of para-hydroxylation sites is 2. The highest BCUT2D eigenvalue weighted by Crippen LogP contribution is 2.39. The van der Waals surface area contributed by atoms with Crippen molar-refractivity contribution < 1.29 is 0 Å². The van der Waals surface area contributed by atoms with Gasteiger partial charge in [-0.15, -0.1) is 0 Å². The number of aromatic nitrogens is 1. The zero-order valence-corrected chi connectivity index (χ0v) is 30.2. The van der Waals surface area contributed by atoms with Gasteiger partial charge in [-0.05, 0) is 111 Å². The molecule has 1 heterocycles. The van der Waals surface area contributed by atoms with Crippen molar-refractivity contribution in [1.82, 2.24) is 4.57 Å². The summed E-state index contributed by atoms with van der Waals surface area (Å²) in [5, 5.41) is 19.4. The zero-order chi connectivity index (χ0) is 36.6. The molecule has 0 bridgehead atoms. The van der Waals surface area contributed by atoms with Gasteiger partial charge in [-0.1, -0.05) is 127 Å². The fourth-order valence-corrected chi connectivity index (χ4v) is 7.93. The quantitative estimate of drug-likeness (QED) is 0.123. The first-order valence-corrected chi connectivity index (χ1v) is 18.3. The number of allylic oxidation sites excluding steroid dienone is 5. The monoisotopic (exact) mass is 691 g/mol. The molecule has 0 saturated carbocycles. The average molecular weight is 692 g/mol. The Morgan fingerprint density at radius 3 is 1.91 bits per heavy atom. The Labute approximate surface area is 315 Å². The Bertz CT molecular complexity index is 2990. The van der Waals surface area contributed by atoms with Gasteiger partial charge >= 0.3 is 0 Å². The predicted molar refractivity (Wildman–Crippen MR) is 231 cm³/mol. The molecule has 0 unspecified atom stereocenters. The van der Waals surface area contributed by atoms with Crippen LogP contribution < -0.4 is 4.90 Å². The summed E-state index contributed by atoms with van der Waals surface area (Å²) in [6.45, 7) is 2.05. The first-order chi connectivity index (χ1) is 26.6. The Morgan fingerprint density at radius 2 is 1.20 bits per heavy atom. The maximum Gasteiger partial charge on any atom is 0.0991 e. The number of nitriles is 1. The minimum Gasteiger partial charge on any atom is -0.344 e. The lowest BCUT2D eigenvalue weighted by Gasteiger charge is -2.24. The smallest absolute Gasteiger partial charge is 0.0991 e. The highest BCUT2D eigenvalue weighted by Gasteiger charge is 2.15. The minimum absolute atomic E-state index is 0.654. The third-order valence-electron chi connectivity index (χ3n) is 10.6. The number of rotatable bonds is 7. The van der Waals surface area contributed by atoms with Crippen LogP contribution in [-0.4, -0.2) is 11.6 Å². The Morgan fingerprint density at radius 1 is 0.593 bits per heavy atom. The molecule has 1 aromatic heterocycles. The molecule has 3 nitrogen and oxygen atoms in total. The maximum absolute atomic E-state index is 9.36. The average Bonchev–Trinajstić information content (AvgIpc) is 3.57. The number of nitrogens with zero attached hydrogens (tertiary/aromatic N) is 3. The molecule has 9 rings (SSSR count). The van der Waals surface area contributed by atoms with E-state index >= 15 is 0 Å². The molecule has 0 amide bonds. The molecule has 0 fully saturated rings. The fourth-order valence-electron chi connectivity index (χ4n) is 7.93. The van der Waals surface area contributed by atoms with Crippen LogP contribution in [0.4, 0.5) is 11.4 Å². The van der Waals surface area contributed by atoms with Gasteiger partial charge in [0.25, 0.3) is 0 Å². The van der Waals surface area contributed by atoms with E-state index in [0.717, 1.165) is 44.8 Å². The van der Waals surface area contributed by atoms with E-state index in [0.29, 0.717) is 5.56 Å². The molecule has 256 valence electrons. The summed E-state index contributed by atoms with van der Waals surface area (Å²) in [7, 11) is 2.16. The second-order valence-electron chi connectivity index (χ2n) is 13.7. The standard InChI is InChI=1S/C51H37N3/c1-3-4-13-37(26-22-35-25-31-51-48(32-35)46-19-10-12-21-50(46)54(51)38-27-23-36(34-52)24-28-38)40-14-9-11-20-49(40)53(2)39-29-30-45-43-17-6-5-15-41(43)42-16-7-8-18-44(42)47(45)33-39/h3-33H,1-2H3/b4-3-,26-22+,37-13+. The van der Waals surface area contributed by atoms with Crippen LogP contribution >= 0.6 is 0 Å². The number of hydrogen-bond donors (Lipinski definition) is 0. The van der Waals surface area contributed by atoms with E-state index in [1.807, 2.05) is 24.3 Å². The highest BCUT2D eigenvalue weighted by atomic mass is 15.1. The first kappa shape index (κ1) is 32.7. The molecule has 0 aliphatic heterocycles. The van der Waals surface area contributed by atoms with Gasteiger partial charge in [-0.3, -0.25) is 0 Å². The van der Waals surface area contributed by atoms with E-state index < -0.39 is 0 Å². The highest BCUT2D eigenvalue weighted by molar-refractivity contribution is 6.25. The number of benzene rings is 8. The van der Waals surface area contributed by atoms with Crippen molar-refractivity contribution in [3.05, 3.63) is 199 Å². The second kappa shape index (κ2) is 13.8. The molecular formula is C51H37N3. The van der Waals surface area contributed by atoms with Crippen LogP contribution in [0.3, 0.4) is 0 Å². The van der Waals surface area contributed by atoms with E-state index in [4.69, 9.17) is 0 Å². The molecule has 0 aliphatic rings. The molecule has 3 heteroatoms. The number of anilines is 2. The van der Waals surface area contributed by atoms with Crippen LogP contribution in [-0.2, 0) is 0 Å². The van der Waals surface area contributed by atoms with E-state index in [2.05, 4.69) is 193 Å². The Balaban J connectivity index is 1.11. The Kier molecular flexibility index (Phi) is 8.35. The van der Waals surface area contributed by atoms with Gasteiger partial charge in [0.2, 0.25) is 0 Å². The van der Waals surface area contributed by atoms with Crippen molar-refractivity contribution in [1.29, 1.82) is 5.26 Å². The normalized spacial score (nSPS) is 12.2. The summed E-state index contributed by atoms with van der Waals surface area (Å²) in [5.41, 5.74) is 9.61. The molecule has 0 aliphatic carbocycles. The van der Waals surface area contributed by atoms with Crippen molar-refractivity contribution in [2.45, 2.75) is 6.92 Å². The van der Waals surface area contributed by atoms with Gasteiger partial charge in [0.05, 0.1) is 22.7 Å². The molecule has 0 spiro atoms. The molecule has 0 radical (unpaired) electrons. The summed E-state index contributed by atoms with van der Waals surface area (Å²) in [6.07, 6.45) is 10.8. The van der Waals surface area contributed by atoms with Gasteiger partial charge in [0.15, 0.2) is 0 Å². The number of hydrogen-bond acceptors (Lipinski definition) is 2. The van der Waals surface area contributed by atoms with Crippen LogP contribution in [0.1, 0.15) is 23.6 Å². The van der Waals surface area contributed by atoms with Crippen LogP contribution in [0, 0.1) is 11.3 Å².